The van der Waals surface area contributed by atoms with Gasteiger partial charge in [-0.05, 0) is 43.9 Å². The molecule has 0 aromatic heterocycles. The fourth-order valence-electron chi connectivity index (χ4n) is 1.45. The number of hydrogen-bond acceptors (Lipinski definition) is 1. The van der Waals surface area contributed by atoms with Gasteiger partial charge in [-0.25, -0.2) is 0 Å². The maximum Gasteiger partial charge on any atom is 0.0175 e. The maximum absolute atomic E-state index is 5.69. The molecule has 0 bridgehead atoms. The second-order valence-electron chi connectivity index (χ2n) is 3.85. The summed E-state index contributed by atoms with van der Waals surface area (Å²) >= 11 is 3.43. The van der Waals surface area contributed by atoms with Crippen LogP contribution in [0.3, 0.4) is 0 Å². The summed E-state index contributed by atoms with van der Waals surface area (Å²) < 4.78 is 1.15. The minimum absolute atomic E-state index is 0.347. The highest BCUT2D eigenvalue weighted by Gasteiger charge is 1.96. The SMILES string of the molecule is C[C@@H](N)CCCCc1ccc(Br)cc1. The van der Waals surface area contributed by atoms with Crippen LogP contribution in [0.2, 0.25) is 0 Å². The Kier molecular flexibility index (Phi) is 5.20. The average molecular weight is 256 g/mol. The summed E-state index contributed by atoms with van der Waals surface area (Å²) in [7, 11) is 0. The lowest BCUT2D eigenvalue weighted by atomic mass is 10.1. The van der Waals surface area contributed by atoms with Gasteiger partial charge in [0.05, 0.1) is 0 Å². The van der Waals surface area contributed by atoms with Crippen LogP contribution in [-0.2, 0) is 6.42 Å². The highest BCUT2D eigenvalue weighted by molar-refractivity contribution is 9.10. The fraction of sp³-hybridized carbons (Fsp3) is 0.500. The van der Waals surface area contributed by atoms with E-state index in [-0.39, 0.29) is 0 Å². The van der Waals surface area contributed by atoms with Crippen LogP contribution in [0.25, 0.3) is 0 Å². The molecule has 1 aromatic carbocycles. The van der Waals surface area contributed by atoms with Gasteiger partial charge in [-0.2, -0.15) is 0 Å². The van der Waals surface area contributed by atoms with E-state index in [0.717, 1.165) is 10.9 Å². The third-order valence-electron chi connectivity index (χ3n) is 2.29. The Morgan fingerprint density at radius 1 is 1.21 bits per heavy atom. The van der Waals surface area contributed by atoms with Crippen LogP contribution in [0, 0.1) is 0 Å². The maximum atomic E-state index is 5.69. The van der Waals surface area contributed by atoms with E-state index in [0.29, 0.717) is 6.04 Å². The highest BCUT2D eigenvalue weighted by Crippen LogP contribution is 2.13. The zero-order valence-electron chi connectivity index (χ0n) is 8.67. The van der Waals surface area contributed by atoms with Crippen molar-refractivity contribution >= 4 is 15.9 Å². The molecule has 0 heterocycles. The molecule has 78 valence electrons. The van der Waals surface area contributed by atoms with Gasteiger partial charge in [0.2, 0.25) is 0 Å². The summed E-state index contributed by atoms with van der Waals surface area (Å²) in [4.78, 5) is 0. The topological polar surface area (TPSA) is 26.0 Å². The highest BCUT2D eigenvalue weighted by atomic mass is 79.9. The molecule has 2 heteroatoms. The van der Waals surface area contributed by atoms with Crippen LogP contribution in [0.5, 0.6) is 0 Å². The number of halogens is 1. The molecular weight excluding hydrogens is 238 g/mol. The largest absolute Gasteiger partial charge is 0.328 e. The molecule has 0 radical (unpaired) electrons. The predicted octanol–water partition coefficient (Wildman–Crippen LogP) is 3.51. The van der Waals surface area contributed by atoms with Crippen molar-refractivity contribution in [3.05, 3.63) is 34.3 Å². The van der Waals surface area contributed by atoms with Crippen molar-refractivity contribution in [3.63, 3.8) is 0 Å². The molecule has 0 unspecified atom stereocenters. The lowest BCUT2D eigenvalue weighted by molar-refractivity contribution is 0.597. The summed E-state index contributed by atoms with van der Waals surface area (Å²) in [6.07, 6.45) is 4.77. The van der Waals surface area contributed by atoms with E-state index in [9.17, 15) is 0 Å². The molecule has 0 aliphatic heterocycles. The molecule has 1 atom stereocenters. The first kappa shape index (κ1) is 11.7. The van der Waals surface area contributed by atoms with Crippen molar-refractivity contribution in [2.24, 2.45) is 5.73 Å². The molecule has 14 heavy (non-hydrogen) atoms. The lowest BCUT2D eigenvalue weighted by Gasteiger charge is -2.04. The molecular formula is C12H18BrN. The van der Waals surface area contributed by atoms with Crippen molar-refractivity contribution in [2.45, 2.75) is 38.6 Å². The van der Waals surface area contributed by atoms with E-state index >= 15 is 0 Å². The zero-order valence-corrected chi connectivity index (χ0v) is 10.3. The quantitative estimate of drug-likeness (QED) is 0.801. The van der Waals surface area contributed by atoms with E-state index in [1.807, 2.05) is 0 Å². The van der Waals surface area contributed by atoms with E-state index in [2.05, 4.69) is 47.1 Å². The number of aryl methyl sites for hydroxylation is 1. The van der Waals surface area contributed by atoms with Crippen molar-refractivity contribution in [1.82, 2.24) is 0 Å². The Balaban J connectivity index is 2.21. The van der Waals surface area contributed by atoms with Gasteiger partial charge in [0.25, 0.3) is 0 Å². The number of nitrogens with two attached hydrogens (primary N) is 1. The third-order valence-corrected chi connectivity index (χ3v) is 2.82. The van der Waals surface area contributed by atoms with Crippen LogP contribution in [0.15, 0.2) is 28.7 Å². The molecule has 1 rings (SSSR count). The Labute approximate surface area is 94.8 Å². The first-order chi connectivity index (χ1) is 6.68. The van der Waals surface area contributed by atoms with Crippen LogP contribution in [-0.4, -0.2) is 6.04 Å². The van der Waals surface area contributed by atoms with Crippen molar-refractivity contribution in [1.29, 1.82) is 0 Å². The Morgan fingerprint density at radius 3 is 2.43 bits per heavy atom. The van der Waals surface area contributed by atoms with Crippen molar-refractivity contribution in [2.75, 3.05) is 0 Å². The average Bonchev–Trinajstić information content (AvgIpc) is 2.15. The van der Waals surface area contributed by atoms with Crippen molar-refractivity contribution in [3.8, 4) is 0 Å². The second kappa shape index (κ2) is 6.20. The fourth-order valence-corrected chi connectivity index (χ4v) is 1.71. The standard InChI is InChI=1S/C12H18BrN/c1-10(14)4-2-3-5-11-6-8-12(13)9-7-11/h6-10H,2-5,14H2,1H3/t10-/m1/s1. The smallest absolute Gasteiger partial charge is 0.0175 e. The molecule has 0 spiro atoms. The van der Waals surface area contributed by atoms with E-state index in [4.69, 9.17) is 5.73 Å². The first-order valence-electron chi connectivity index (χ1n) is 5.18. The molecule has 0 aliphatic rings. The minimum Gasteiger partial charge on any atom is -0.328 e. The molecule has 0 amide bonds. The summed E-state index contributed by atoms with van der Waals surface area (Å²) in [6.45, 7) is 2.07. The van der Waals surface area contributed by atoms with Gasteiger partial charge in [-0.15, -0.1) is 0 Å². The summed E-state index contributed by atoms with van der Waals surface area (Å²) in [6, 6.07) is 8.90. The van der Waals surface area contributed by atoms with Crippen LogP contribution in [0.4, 0.5) is 0 Å². The van der Waals surface area contributed by atoms with Crippen LogP contribution >= 0.6 is 15.9 Å². The molecule has 0 aliphatic carbocycles. The number of benzene rings is 1. The van der Waals surface area contributed by atoms with E-state index in [1.54, 1.807) is 0 Å². The first-order valence-corrected chi connectivity index (χ1v) is 5.98. The van der Waals surface area contributed by atoms with Gasteiger partial charge in [0, 0.05) is 10.5 Å². The van der Waals surface area contributed by atoms with E-state index < -0.39 is 0 Å². The van der Waals surface area contributed by atoms with Gasteiger partial charge >= 0.3 is 0 Å². The van der Waals surface area contributed by atoms with Gasteiger partial charge in [0.15, 0.2) is 0 Å². The van der Waals surface area contributed by atoms with E-state index in [1.165, 1.54) is 24.8 Å². The molecule has 0 fully saturated rings. The molecule has 1 aromatic rings. The van der Waals surface area contributed by atoms with Gasteiger partial charge < -0.3 is 5.73 Å². The summed E-state index contributed by atoms with van der Waals surface area (Å²) in [5.74, 6) is 0. The third kappa shape index (κ3) is 4.77. The van der Waals surface area contributed by atoms with Crippen molar-refractivity contribution < 1.29 is 0 Å². The van der Waals surface area contributed by atoms with Gasteiger partial charge in [-0.1, -0.05) is 34.5 Å². The lowest BCUT2D eigenvalue weighted by Crippen LogP contribution is -2.14. The van der Waals surface area contributed by atoms with Gasteiger partial charge in [-0.3, -0.25) is 0 Å². The molecule has 0 saturated heterocycles. The Bertz CT molecular complexity index is 254. The number of hydrogen-bond donors (Lipinski definition) is 1. The van der Waals surface area contributed by atoms with Crippen LogP contribution < -0.4 is 5.73 Å². The molecule has 2 N–H and O–H groups in total. The number of rotatable bonds is 5. The molecule has 1 nitrogen and oxygen atoms in total. The minimum atomic E-state index is 0.347. The van der Waals surface area contributed by atoms with Gasteiger partial charge in [0.1, 0.15) is 0 Å². The predicted molar refractivity (Wildman–Crippen MR) is 65.3 cm³/mol. The number of unbranched alkanes of at least 4 members (excludes halogenated alkanes) is 1. The Morgan fingerprint density at radius 2 is 1.86 bits per heavy atom. The summed E-state index contributed by atoms with van der Waals surface area (Å²) in [5.41, 5.74) is 7.10. The second-order valence-corrected chi connectivity index (χ2v) is 4.77. The normalized spacial score (nSPS) is 12.8. The molecule has 0 saturated carbocycles. The monoisotopic (exact) mass is 255 g/mol. The Hall–Kier alpha value is -0.340. The summed E-state index contributed by atoms with van der Waals surface area (Å²) in [5, 5.41) is 0. The van der Waals surface area contributed by atoms with Crippen LogP contribution in [0.1, 0.15) is 31.7 Å². The zero-order chi connectivity index (χ0) is 10.4.